The number of hydrogen-bond donors (Lipinski definition) is 0. The monoisotopic (exact) mass is 283 g/mol. The van der Waals surface area contributed by atoms with E-state index in [0.29, 0.717) is 17.6 Å². The minimum Gasteiger partial charge on any atom is -0.497 e. The number of methoxy groups -OCH3 is 1. The molecular weight excluding hydrogens is 268 g/mol. The van der Waals surface area contributed by atoms with Crippen LogP contribution in [0.15, 0.2) is 24.4 Å². The lowest BCUT2D eigenvalue weighted by molar-refractivity contribution is 0.411. The van der Waals surface area contributed by atoms with Gasteiger partial charge in [0.15, 0.2) is 5.82 Å². The van der Waals surface area contributed by atoms with E-state index in [4.69, 9.17) is 4.74 Å². The van der Waals surface area contributed by atoms with Crippen molar-refractivity contribution in [3.05, 3.63) is 35.9 Å². The fourth-order valence-corrected chi connectivity index (χ4v) is 2.60. The van der Waals surface area contributed by atoms with E-state index >= 15 is 0 Å². The Kier molecular flexibility index (Phi) is 3.71. The topological polar surface area (TPSA) is 57.0 Å². The van der Waals surface area contributed by atoms with E-state index in [9.17, 15) is 8.96 Å². The van der Waals surface area contributed by atoms with Gasteiger partial charge < -0.3 is 9.30 Å². The first-order valence-electron chi connectivity index (χ1n) is 5.68. The zero-order valence-electron chi connectivity index (χ0n) is 11.0. The van der Waals surface area contributed by atoms with Gasteiger partial charge in [0.05, 0.1) is 26.1 Å². The molecule has 0 atom stereocenters. The van der Waals surface area contributed by atoms with Gasteiger partial charge in [-0.15, -0.1) is 5.10 Å². The molecule has 0 bridgehead atoms. The van der Waals surface area contributed by atoms with Crippen molar-refractivity contribution in [2.24, 2.45) is 0 Å². The van der Waals surface area contributed by atoms with Crippen LogP contribution >= 0.6 is 7.14 Å². The van der Waals surface area contributed by atoms with Gasteiger partial charge in [-0.1, -0.05) is 5.21 Å². The van der Waals surface area contributed by atoms with Crippen molar-refractivity contribution in [3.8, 4) is 11.4 Å². The molecule has 2 rings (SSSR count). The Balaban J connectivity index is 2.30. The highest BCUT2D eigenvalue weighted by molar-refractivity contribution is 7.61. The quantitative estimate of drug-likeness (QED) is 0.809. The molecule has 0 saturated heterocycles. The number of benzene rings is 1. The van der Waals surface area contributed by atoms with Crippen LogP contribution in [0.4, 0.5) is 4.39 Å². The van der Waals surface area contributed by atoms with Crippen molar-refractivity contribution in [2.75, 3.05) is 20.4 Å². The summed E-state index contributed by atoms with van der Waals surface area (Å²) in [5.41, 5.74) is 0.866. The van der Waals surface area contributed by atoms with Crippen molar-refractivity contribution in [1.82, 2.24) is 15.0 Å². The lowest BCUT2D eigenvalue weighted by Gasteiger charge is -2.04. The third-order valence-corrected chi connectivity index (χ3v) is 3.57. The fraction of sp³-hybridized carbons (Fsp3) is 0.333. The molecule has 0 amide bonds. The highest BCUT2D eigenvalue weighted by atomic mass is 31.2. The molecular formula is C12H15FN3O2P. The number of nitrogens with zero attached hydrogens (tertiary/aromatic N) is 3. The fourth-order valence-electron chi connectivity index (χ4n) is 1.68. The SMILES string of the molecule is COc1ccc(-n2cc(CP(C)(C)=O)nn2)c(F)c1. The molecule has 19 heavy (non-hydrogen) atoms. The second kappa shape index (κ2) is 5.13. The molecule has 0 saturated carbocycles. The second-order valence-electron chi connectivity index (χ2n) is 4.70. The zero-order valence-corrected chi connectivity index (χ0v) is 11.9. The Hall–Kier alpha value is -1.68. The first kappa shape index (κ1) is 13.7. The van der Waals surface area contributed by atoms with Crippen molar-refractivity contribution in [3.63, 3.8) is 0 Å². The molecule has 0 radical (unpaired) electrons. The molecule has 0 aliphatic carbocycles. The standard InChI is InChI=1S/C12H15FN3O2P/c1-18-10-4-5-12(11(13)6-10)16-7-9(14-15-16)8-19(2,3)17/h4-7H,8H2,1-3H3. The maximum Gasteiger partial charge on any atom is 0.152 e. The molecule has 0 aliphatic rings. The highest BCUT2D eigenvalue weighted by Gasteiger charge is 2.14. The minimum atomic E-state index is -2.22. The Labute approximate surface area is 110 Å². The van der Waals surface area contributed by atoms with Gasteiger partial charge in [-0.05, 0) is 25.5 Å². The van der Waals surface area contributed by atoms with E-state index in [1.54, 1.807) is 31.7 Å². The van der Waals surface area contributed by atoms with Crippen LogP contribution < -0.4 is 4.74 Å². The summed E-state index contributed by atoms with van der Waals surface area (Å²) in [7, 11) is -0.746. The molecule has 0 N–H and O–H groups in total. The summed E-state index contributed by atoms with van der Waals surface area (Å²) in [6, 6.07) is 4.48. The Morgan fingerprint density at radius 2 is 2.16 bits per heavy atom. The predicted molar refractivity (Wildman–Crippen MR) is 71.0 cm³/mol. The molecule has 0 aliphatic heterocycles. The van der Waals surface area contributed by atoms with Crippen LogP contribution in [0.25, 0.3) is 5.69 Å². The van der Waals surface area contributed by atoms with E-state index in [1.165, 1.54) is 17.9 Å². The van der Waals surface area contributed by atoms with E-state index < -0.39 is 13.0 Å². The molecule has 1 heterocycles. The maximum atomic E-state index is 13.8. The summed E-state index contributed by atoms with van der Waals surface area (Å²) in [4.78, 5) is 0. The number of ether oxygens (including phenoxy) is 1. The van der Waals surface area contributed by atoms with Crippen LogP contribution in [0.3, 0.4) is 0 Å². The average molecular weight is 283 g/mol. The Bertz CT molecular complexity index is 636. The number of hydrogen-bond acceptors (Lipinski definition) is 4. The highest BCUT2D eigenvalue weighted by Crippen LogP contribution is 2.39. The molecule has 1 aromatic heterocycles. The zero-order chi connectivity index (χ0) is 14.0. The van der Waals surface area contributed by atoms with Gasteiger partial charge in [-0.25, -0.2) is 9.07 Å². The van der Waals surface area contributed by atoms with Gasteiger partial charge in [0.25, 0.3) is 0 Å². The van der Waals surface area contributed by atoms with Gasteiger partial charge in [0, 0.05) is 12.2 Å². The molecule has 5 nitrogen and oxygen atoms in total. The van der Waals surface area contributed by atoms with Crippen LogP contribution in [-0.2, 0) is 10.7 Å². The van der Waals surface area contributed by atoms with Gasteiger partial charge >= 0.3 is 0 Å². The van der Waals surface area contributed by atoms with Crippen molar-refractivity contribution < 1.29 is 13.7 Å². The van der Waals surface area contributed by atoms with Gasteiger partial charge in [0.1, 0.15) is 11.4 Å². The normalized spacial score (nSPS) is 11.6. The van der Waals surface area contributed by atoms with Crippen LogP contribution in [0.1, 0.15) is 5.69 Å². The van der Waals surface area contributed by atoms with E-state index in [0.717, 1.165) is 0 Å². The molecule has 0 spiro atoms. The summed E-state index contributed by atoms with van der Waals surface area (Å²) in [5.74, 6) is -0.0137. The molecule has 1 aromatic carbocycles. The van der Waals surface area contributed by atoms with Crippen LogP contribution in [0, 0.1) is 5.82 Å². The minimum absolute atomic E-state index is 0.279. The van der Waals surface area contributed by atoms with E-state index in [2.05, 4.69) is 10.3 Å². The molecule has 2 aromatic rings. The third-order valence-electron chi connectivity index (χ3n) is 2.49. The lowest BCUT2D eigenvalue weighted by atomic mass is 10.3. The third kappa shape index (κ3) is 3.41. The predicted octanol–water partition coefficient (Wildman–Crippen LogP) is 2.54. The second-order valence-corrected chi connectivity index (χ2v) is 8.17. The molecule has 0 unspecified atom stereocenters. The first-order valence-corrected chi connectivity index (χ1v) is 8.47. The van der Waals surface area contributed by atoms with Crippen LogP contribution in [-0.4, -0.2) is 35.4 Å². The summed E-state index contributed by atoms with van der Waals surface area (Å²) in [6.07, 6.45) is 1.94. The Morgan fingerprint density at radius 3 is 2.74 bits per heavy atom. The van der Waals surface area contributed by atoms with Crippen molar-refractivity contribution >= 4 is 7.14 Å². The maximum absolute atomic E-state index is 13.8. The number of rotatable bonds is 4. The largest absolute Gasteiger partial charge is 0.497 e. The van der Waals surface area contributed by atoms with Gasteiger partial charge in [0.2, 0.25) is 0 Å². The summed E-state index contributed by atoms with van der Waals surface area (Å²) in [6.45, 7) is 3.36. The van der Waals surface area contributed by atoms with Gasteiger partial charge in [-0.2, -0.15) is 0 Å². The number of halogens is 1. The lowest BCUT2D eigenvalue weighted by Crippen LogP contribution is -1.99. The average Bonchev–Trinajstić information content (AvgIpc) is 2.74. The van der Waals surface area contributed by atoms with Crippen molar-refractivity contribution in [2.45, 2.75) is 6.16 Å². The van der Waals surface area contributed by atoms with Gasteiger partial charge in [-0.3, -0.25) is 0 Å². The summed E-state index contributed by atoms with van der Waals surface area (Å²) < 4.78 is 31.8. The van der Waals surface area contributed by atoms with E-state index in [-0.39, 0.29) is 5.69 Å². The smallest absolute Gasteiger partial charge is 0.152 e. The van der Waals surface area contributed by atoms with Crippen LogP contribution in [0.2, 0.25) is 0 Å². The summed E-state index contributed by atoms with van der Waals surface area (Å²) in [5, 5.41) is 7.76. The van der Waals surface area contributed by atoms with Crippen molar-refractivity contribution in [1.29, 1.82) is 0 Å². The molecule has 102 valence electrons. The number of aromatic nitrogens is 3. The first-order chi connectivity index (χ1) is 8.89. The summed E-state index contributed by atoms with van der Waals surface area (Å²) >= 11 is 0. The van der Waals surface area contributed by atoms with Crippen LogP contribution in [0.5, 0.6) is 5.75 Å². The van der Waals surface area contributed by atoms with E-state index in [1.807, 2.05) is 0 Å². The Morgan fingerprint density at radius 1 is 1.42 bits per heavy atom. The molecule has 7 heteroatoms. The molecule has 0 fully saturated rings.